The molecule has 0 spiro atoms. The maximum Gasteiger partial charge on any atom is 0.323 e. The number of carbonyl (C=O) groups is 3. The molecular formula is C32H36FN5O7. The van der Waals surface area contributed by atoms with Crippen LogP contribution in [0.3, 0.4) is 0 Å². The summed E-state index contributed by atoms with van der Waals surface area (Å²) < 4.78 is 30.4. The number of hydrogen-bond donors (Lipinski definition) is 4. The van der Waals surface area contributed by atoms with E-state index < -0.39 is 30.0 Å². The Labute approximate surface area is 260 Å². The summed E-state index contributed by atoms with van der Waals surface area (Å²) in [6.07, 6.45) is -0.570. The van der Waals surface area contributed by atoms with Crippen LogP contribution in [0.5, 0.6) is 17.2 Å². The summed E-state index contributed by atoms with van der Waals surface area (Å²) in [7, 11) is 1.62. The van der Waals surface area contributed by atoms with Gasteiger partial charge >= 0.3 is 12.1 Å². The molecule has 13 heteroatoms. The smallest absolute Gasteiger partial charge is 0.323 e. The lowest BCUT2D eigenvalue weighted by molar-refractivity contribution is -0.134. The summed E-state index contributed by atoms with van der Waals surface area (Å²) >= 11 is 0. The molecule has 12 nitrogen and oxygen atoms in total. The first-order valence-corrected chi connectivity index (χ1v) is 14.5. The molecule has 3 aromatic carbocycles. The van der Waals surface area contributed by atoms with Crippen LogP contribution in [-0.4, -0.2) is 78.6 Å². The van der Waals surface area contributed by atoms with Crippen LogP contribution < -0.4 is 30.2 Å². The molecule has 5 amide bonds. The third-order valence-electron chi connectivity index (χ3n) is 7.70. The van der Waals surface area contributed by atoms with E-state index in [4.69, 9.17) is 14.2 Å². The third-order valence-corrected chi connectivity index (χ3v) is 7.70. The van der Waals surface area contributed by atoms with Gasteiger partial charge in [0, 0.05) is 48.2 Å². The molecule has 0 aromatic heterocycles. The van der Waals surface area contributed by atoms with Crippen molar-refractivity contribution in [3.8, 4) is 17.2 Å². The number of hydrogen-bond acceptors (Lipinski definition) is 7. The van der Waals surface area contributed by atoms with Crippen molar-refractivity contribution in [2.45, 2.75) is 32.4 Å². The van der Waals surface area contributed by atoms with Gasteiger partial charge in [-0.15, -0.1) is 0 Å². The number of halogens is 1. The highest BCUT2D eigenvalue weighted by atomic mass is 19.1. The van der Waals surface area contributed by atoms with Gasteiger partial charge in [-0.3, -0.25) is 4.79 Å². The minimum absolute atomic E-state index is 0.0285. The number of amides is 5. The molecular weight excluding hydrogens is 585 g/mol. The molecule has 2 heterocycles. The second kappa shape index (κ2) is 13.7. The molecule has 0 fully saturated rings. The van der Waals surface area contributed by atoms with Gasteiger partial charge in [0.2, 0.25) is 12.7 Å². The molecule has 238 valence electrons. The SMILES string of the molecule is C[C@@H]1CN([C@H](C)CO)C(=O)Cc2cc(NC(=O)Nc3ccc4c(c3)OCO4)ccc2O[C@H]1CN(C)C(=O)Nc1ccc(F)cc1. The Kier molecular flexibility index (Phi) is 9.57. The van der Waals surface area contributed by atoms with Crippen molar-refractivity contribution in [3.63, 3.8) is 0 Å². The minimum atomic E-state index is -0.542. The summed E-state index contributed by atoms with van der Waals surface area (Å²) in [5, 5.41) is 18.2. The second-order valence-corrected chi connectivity index (χ2v) is 11.2. The lowest BCUT2D eigenvalue weighted by atomic mass is 10.0. The Morgan fingerprint density at radius 3 is 2.33 bits per heavy atom. The van der Waals surface area contributed by atoms with Crippen LogP contribution in [0.15, 0.2) is 60.7 Å². The quantitative estimate of drug-likeness (QED) is 0.304. The number of benzene rings is 3. The van der Waals surface area contributed by atoms with Gasteiger partial charge in [0.15, 0.2) is 11.5 Å². The molecule has 0 aliphatic carbocycles. The van der Waals surface area contributed by atoms with Crippen molar-refractivity contribution < 1.29 is 38.1 Å². The maximum atomic E-state index is 13.5. The summed E-state index contributed by atoms with van der Waals surface area (Å²) in [5.74, 6) is 0.712. The van der Waals surface area contributed by atoms with E-state index in [1.54, 1.807) is 55.3 Å². The zero-order valence-corrected chi connectivity index (χ0v) is 25.2. The van der Waals surface area contributed by atoms with Crippen molar-refractivity contribution in [3.05, 3.63) is 72.0 Å². The molecule has 0 unspecified atom stereocenters. The van der Waals surface area contributed by atoms with Gasteiger partial charge in [0.1, 0.15) is 17.7 Å². The van der Waals surface area contributed by atoms with Crippen molar-refractivity contribution in [1.29, 1.82) is 0 Å². The van der Waals surface area contributed by atoms with E-state index in [0.717, 1.165) is 0 Å². The molecule has 3 aromatic rings. The largest absolute Gasteiger partial charge is 0.488 e. The lowest BCUT2D eigenvalue weighted by Crippen LogP contribution is -2.48. The number of rotatable bonds is 7. The minimum Gasteiger partial charge on any atom is -0.488 e. The van der Waals surface area contributed by atoms with Crippen LogP contribution in [0.4, 0.5) is 31.0 Å². The number of nitrogens with one attached hydrogen (secondary N) is 3. The summed E-state index contributed by atoms with van der Waals surface area (Å²) in [6.45, 7) is 4.03. The van der Waals surface area contributed by atoms with Crippen LogP contribution in [0.2, 0.25) is 0 Å². The van der Waals surface area contributed by atoms with E-state index in [-0.39, 0.29) is 44.7 Å². The molecule has 5 rings (SSSR count). The average molecular weight is 622 g/mol. The molecule has 0 saturated heterocycles. The van der Waals surface area contributed by atoms with Crippen LogP contribution in [-0.2, 0) is 11.2 Å². The van der Waals surface area contributed by atoms with Gasteiger partial charge in [-0.1, -0.05) is 6.92 Å². The first-order valence-electron chi connectivity index (χ1n) is 14.5. The number of fused-ring (bicyclic) bond motifs is 2. The first kappa shape index (κ1) is 31.4. The van der Waals surface area contributed by atoms with E-state index in [0.29, 0.717) is 39.9 Å². The third kappa shape index (κ3) is 7.73. The number of likely N-dealkylation sites (N-methyl/N-ethyl adjacent to an activating group) is 1. The molecule has 2 aliphatic rings. The first-order chi connectivity index (χ1) is 21.6. The van der Waals surface area contributed by atoms with Gasteiger partial charge in [0.25, 0.3) is 0 Å². The monoisotopic (exact) mass is 621 g/mol. The molecule has 4 N–H and O–H groups in total. The Hall–Kier alpha value is -5.04. The number of anilines is 3. The van der Waals surface area contributed by atoms with Gasteiger partial charge in [-0.05, 0) is 61.5 Å². The number of urea groups is 2. The van der Waals surface area contributed by atoms with Gasteiger partial charge in [0.05, 0.1) is 25.6 Å². The Morgan fingerprint density at radius 1 is 0.978 bits per heavy atom. The van der Waals surface area contributed by atoms with E-state index >= 15 is 0 Å². The topological polar surface area (TPSA) is 142 Å². The summed E-state index contributed by atoms with van der Waals surface area (Å²) in [5.41, 5.74) is 1.92. The van der Waals surface area contributed by atoms with Crippen molar-refractivity contribution >= 4 is 35.0 Å². The Bertz CT molecular complexity index is 1550. The van der Waals surface area contributed by atoms with E-state index in [1.165, 1.54) is 29.2 Å². The van der Waals surface area contributed by atoms with E-state index in [2.05, 4.69) is 16.0 Å². The van der Waals surface area contributed by atoms with Crippen molar-refractivity contribution in [1.82, 2.24) is 9.80 Å². The maximum absolute atomic E-state index is 13.5. The number of nitrogens with zero attached hydrogens (tertiary/aromatic N) is 2. The molecule has 0 saturated carbocycles. The van der Waals surface area contributed by atoms with Crippen molar-refractivity contribution in [2.24, 2.45) is 5.92 Å². The fourth-order valence-corrected chi connectivity index (χ4v) is 5.10. The molecule has 2 aliphatic heterocycles. The summed E-state index contributed by atoms with van der Waals surface area (Å²) in [4.78, 5) is 42.3. The van der Waals surface area contributed by atoms with Crippen molar-refractivity contribution in [2.75, 3.05) is 49.5 Å². The normalized spacial score (nSPS) is 18.0. The van der Waals surface area contributed by atoms with Gasteiger partial charge < -0.3 is 45.1 Å². The molecule has 0 radical (unpaired) electrons. The Morgan fingerprint density at radius 2 is 1.62 bits per heavy atom. The highest BCUT2D eigenvalue weighted by Gasteiger charge is 2.32. The van der Waals surface area contributed by atoms with Gasteiger partial charge in [-0.2, -0.15) is 0 Å². The predicted molar refractivity (Wildman–Crippen MR) is 165 cm³/mol. The van der Waals surface area contributed by atoms with Crippen LogP contribution in [0.25, 0.3) is 0 Å². The van der Waals surface area contributed by atoms with Crippen LogP contribution in [0, 0.1) is 11.7 Å². The highest BCUT2D eigenvalue weighted by molar-refractivity contribution is 6.00. The number of aliphatic hydroxyl groups excluding tert-OH is 1. The highest BCUT2D eigenvalue weighted by Crippen LogP contribution is 2.34. The average Bonchev–Trinajstić information content (AvgIpc) is 3.49. The Balaban J connectivity index is 1.33. The molecule has 0 bridgehead atoms. The molecule has 3 atom stereocenters. The fourth-order valence-electron chi connectivity index (χ4n) is 5.10. The van der Waals surface area contributed by atoms with Gasteiger partial charge in [-0.25, -0.2) is 14.0 Å². The summed E-state index contributed by atoms with van der Waals surface area (Å²) in [6, 6.07) is 14.2. The van der Waals surface area contributed by atoms with Crippen LogP contribution >= 0.6 is 0 Å². The van der Waals surface area contributed by atoms with Crippen LogP contribution in [0.1, 0.15) is 19.4 Å². The number of aliphatic hydroxyl groups is 1. The zero-order valence-electron chi connectivity index (χ0n) is 25.2. The standard InChI is InChI=1S/C32H36FN5O7/c1-19-15-38(20(2)17-39)30(40)13-21-12-24(34-31(41)35-25-9-11-27-28(14-25)44-18-43-27)8-10-26(21)45-29(19)16-37(3)32(42)36-23-6-4-22(33)5-7-23/h4-12,14,19-20,29,39H,13,15-18H2,1-3H3,(H,36,42)(H2,34,35,41)/t19-,20-,29+/m1/s1. The zero-order chi connectivity index (χ0) is 32.1. The lowest BCUT2D eigenvalue weighted by Gasteiger charge is -2.34. The predicted octanol–water partition coefficient (Wildman–Crippen LogP) is 4.51. The molecule has 45 heavy (non-hydrogen) atoms. The number of ether oxygens (including phenoxy) is 3. The van der Waals surface area contributed by atoms with E-state index in [9.17, 15) is 23.9 Å². The second-order valence-electron chi connectivity index (χ2n) is 11.2. The number of carbonyl (C=O) groups excluding carboxylic acids is 3. The van der Waals surface area contributed by atoms with E-state index in [1.807, 2.05) is 6.92 Å². The fraction of sp³-hybridized carbons (Fsp3) is 0.344.